The Morgan fingerprint density at radius 3 is 2.60 bits per heavy atom. The zero-order valence-corrected chi connectivity index (χ0v) is 14.6. The second kappa shape index (κ2) is 8.10. The normalized spacial score (nSPS) is 11.4. The highest BCUT2D eigenvalue weighted by molar-refractivity contribution is 9.08. The fourth-order valence-electron chi connectivity index (χ4n) is 1.59. The molecule has 0 amide bonds. The first-order valence-electron chi connectivity index (χ1n) is 6.19. The highest BCUT2D eigenvalue weighted by Gasteiger charge is 2.13. The largest absolute Gasteiger partial charge is 0.493 e. The Labute approximate surface area is 133 Å². The van der Waals surface area contributed by atoms with Crippen LogP contribution in [0.25, 0.3) is 0 Å². The number of sulfone groups is 1. The average molecular weight is 386 g/mol. The van der Waals surface area contributed by atoms with E-state index in [1.807, 2.05) is 6.07 Å². The average Bonchev–Trinajstić information content (AvgIpc) is 2.44. The summed E-state index contributed by atoms with van der Waals surface area (Å²) in [4.78, 5) is 0. The molecule has 0 heterocycles. The van der Waals surface area contributed by atoms with Gasteiger partial charge < -0.3 is 9.47 Å². The number of benzene rings is 1. The predicted octanol–water partition coefficient (Wildman–Crippen LogP) is 3.45. The standard InChI is InChI=1S/C13H18BrClO4S/c1-3-20(16,17)6-4-5-19-13-11(15)7-10(9-14)8-12(13)18-2/h7-8H,3-6,9H2,1-2H3. The monoisotopic (exact) mass is 384 g/mol. The van der Waals surface area contributed by atoms with Crippen molar-refractivity contribution in [3.8, 4) is 11.5 Å². The molecule has 0 radical (unpaired) electrons. The first-order chi connectivity index (χ1) is 9.43. The van der Waals surface area contributed by atoms with Crippen molar-refractivity contribution >= 4 is 37.4 Å². The number of halogens is 2. The molecule has 0 atom stereocenters. The van der Waals surface area contributed by atoms with Gasteiger partial charge in [0.05, 0.1) is 24.5 Å². The van der Waals surface area contributed by atoms with Crippen LogP contribution in [0, 0.1) is 0 Å². The molecule has 4 nitrogen and oxygen atoms in total. The van der Waals surface area contributed by atoms with Crippen LogP contribution in [0.5, 0.6) is 11.5 Å². The Hall–Kier alpha value is -0.460. The Balaban J connectivity index is 2.68. The highest BCUT2D eigenvalue weighted by atomic mass is 79.9. The lowest BCUT2D eigenvalue weighted by Gasteiger charge is -2.13. The predicted molar refractivity (Wildman–Crippen MR) is 85.1 cm³/mol. The summed E-state index contributed by atoms with van der Waals surface area (Å²) >= 11 is 9.50. The van der Waals surface area contributed by atoms with E-state index in [1.165, 1.54) is 7.11 Å². The maximum atomic E-state index is 11.4. The number of hydrogen-bond donors (Lipinski definition) is 0. The van der Waals surface area contributed by atoms with Gasteiger partial charge in [0.1, 0.15) is 9.84 Å². The minimum Gasteiger partial charge on any atom is -0.493 e. The van der Waals surface area contributed by atoms with Crippen molar-refractivity contribution in [1.82, 2.24) is 0 Å². The van der Waals surface area contributed by atoms with Gasteiger partial charge in [0.2, 0.25) is 0 Å². The molecule has 1 aromatic carbocycles. The summed E-state index contributed by atoms with van der Waals surface area (Å²) in [7, 11) is -1.42. The van der Waals surface area contributed by atoms with Crippen molar-refractivity contribution in [1.29, 1.82) is 0 Å². The van der Waals surface area contributed by atoms with Gasteiger partial charge in [-0.2, -0.15) is 0 Å². The van der Waals surface area contributed by atoms with Crippen LogP contribution in [-0.4, -0.2) is 33.6 Å². The van der Waals surface area contributed by atoms with E-state index in [9.17, 15) is 8.42 Å². The van der Waals surface area contributed by atoms with E-state index in [0.29, 0.717) is 28.3 Å². The van der Waals surface area contributed by atoms with Crippen LogP contribution in [0.15, 0.2) is 12.1 Å². The molecule has 20 heavy (non-hydrogen) atoms. The van der Waals surface area contributed by atoms with Gasteiger partial charge in [-0.3, -0.25) is 0 Å². The van der Waals surface area contributed by atoms with Crippen molar-refractivity contribution in [2.75, 3.05) is 25.2 Å². The minimum absolute atomic E-state index is 0.114. The molecule has 1 rings (SSSR count). The number of methoxy groups -OCH3 is 1. The van der Waals surface area contributed by atoms with Crippen LogP contribution in [-0.2, 0) is 15.2 Å². The summed E-state index contributed by atoms with van der Waals surface area (Å²) in [6.45, 7) is 1.91. The lowest BCUT2D eigenvalue weighted by molar-refractivity contribution is 0.294. The van der Waals surface area contributed by atoms with Gasteiger partial charge in [0.15, 0.2) is 11.5 Å². The third kappa shape index (κ3) is 5.14. The van der Waals surface area contributed by atoms with Crippen LogP contribution < -0.4 is 9.47 Å². The van der Waals surface area contributed by atoms with Crippen LogP contribution in [0.2, 0.25) is 5.02 Å². The van der Waals surface area contributed by atoms with Gasteiger partial charge in [-0.1, -0.05) is 34.5 Å². The highest BCUT2D eigenvalue weighted by Crippen LogP contribution is 2.37. The van der Waals surface area contributed by atoms with E-state index in [0.717, 1.165) is 5.56 Å². The number of rotatable bonds is 8. The molecule has 0 bridgehead atoms. The summed E-state index contributed by atoms with van der Waals surface area (Å²) < 4.78 is 33.5. The van der Waals surface area contributed by atoms with E-state index in [1.54, 1.807) is 13.0 Å². The summed E-state index contributed by atoms with van der Waals surface area (Å²) in [5.41, 5.74) is 0.979. The third-order valence-corrected chi connectivity index (χ3v) is 5.45. The summed E-state index contributed by atoms with van der Waals surface area (Å²) in [6, 6.07) is 3.62. The number of alkyl halides is 1. The molecule has 0 saturated carbocycles. The Morgan fingerprint density at radius 2 is 2.05 bits per heavy atom. The minimum atomic E-state index is -2.96. The molecule has 0 unspecified atom stereocenters. The van der Waals surface area contributed by atoms with E-state index in [4.69, 9.17) is 21.1 Å². The lowest BCUT2D eigenvalue weighted by atomic mass is 10.2. The zero-order valence-electron chi connectivity index (χ0n) is 11.5. The van der Waals surface area contributed by atoms with Gasteiger partial charge in [0, 0.05) is 11.1 Å². The first kappa shape index (κ1) is 17.6. The maximum absolute atomic E-state index is 11.4. The van der Waals surface area contributed by atoms with Crippen LogP contribution in [0.4, 0.5) is 0 Å². The zero-order chi connectivity index (χ0) is 15.2. The van der Waals surface area contributed by atoms with Crippen molar-refractivity contribution in [2.24, 2.45) is 0 Å². The molecule has 0 aliphatic carbocycles. The van der Waals surface area contributed by atoms with Crippen LogP contribution in [0.3, 0.4) is 0 Å². The summed E-state index contributed by atoms with van der Waals surface area (Å²) in [5, 5.41) is 1.12. The maximum Gasteiger partial charge on any atom is 0.179 e. The SMILES string of the molecule is CCS(=O)(=O)CCCOc1c(Cl)cc(CBr)cc1OC. The second-order valence-electron chi connectivity index (χ2n) is 4.18. The molecule has 0 saturated heterocycles. The molecule has 0 fully saturated rings. The van der Waals surface area contributed by atoms with Crippen LogP contribution in [0.1, 0.15) is 18.9 Å². The molecule has 7 heteroatoms. The van der Waals surface area contributed by atoms with Crippen molar-refractivity contribution in [3.63, 3.8) is 0 Å². The first-order valence-corrected chi connectivity index (χ1v) is 9.51. The fourth-order valence-corrected chi connectivity index (χ4v) is 3.05. The van der Waals surface area contributed by atoms with Crippen molar-refractivity contribution < 1.29 is 17.9 Å². The number of hydrogen-bond acceptors (Lipinski definition) is 4. The fraction of sp³-hybridized carbons (Fsp3) is 0.538. The Bertz CT molecular complexity index is 546. The van der Waals surface area contributed by atoms with Gasteiger partial charge in [-0.15, -0.1) is 0 Å². The van der Waals surface area contributed by atoms with Gasteiger partial charge >= 0.3 is 0 Å². The molecule has 1 aromatic rings. The quantitative estimate of drug-likeness (QED) is 0.508. The van der Waals surface area contributed by atoms with Crippen molar-refractivity contribution in [3.05, 3.63) is 22.7 Å². The van der Waals surface area contributed by atoms with E-state index in [2.05, 4.69) is 15.9 Å². The topological polar surface area (TPSA) is 52.6 Å². The molecule has 0 aliphatic heterocycles. The third-order valence-electron chi connectivity index (χ3n) is 2.73. The summed E-state index contributed by atoms with van der Waals surface area (Å²) in [5.74, 6) is 1.26. The van der Waals surface area contributed by atoms with E-state index < -0.39 is 9.84 Å². The molecular weight excluding hydrogens is 368 g/mol. The molecule has 0 aliphatic rings. The molecule has 0 N–H and O–H groups in total. The smallest absolute Gasteiger partial charge is 0.179 e. The summed E-state index contributed by atoms with van der Waals surface area (Å²) in [6.07, 6.45) is 0.426. The molecule has 0 spiro atoms. The van der Waals surface area contributed by atoms with Crippen LogP contribution >= 0.6 is 27.5 Å². The van der Waals surface area contributed by atoms with Gasteiger partial charge in [0.25, 0.3) is 0 Å². The van der Waals surface area contributed by atoms with E-state index >= 15 is 0 Å². The van der Waals surface area contributed by atoms with Gasteiger partial charge in [-0.25, -0.2) is 8.42 Å². The van der Waals surface area contributed by atoms with Crippen molar-refractivity contribution in [2.45, 2.75) is 18.7 Å². The Kier molecular flexibility index (Phi) is 7.12. The van der Waals surface area contributed by atoms with E-state index in [-0.39, 0.29) is 18.1 Å². The molecular formula is C13H18BrClO4S. The van der Waals surface area contributed by atoms with Gasteiger partial charge in [-0.05, 0) is 24.1 Å². The second-order valence-corrected chi connectivity index (χ2v) is 7.62. The Morgan fingerprint density at radius 1 is 1.35 bits per heavy atom. The number of ether oxygens (including phenoxy) is 2. The lowest BCUT2D eigenvalue weighted by Crippen LogP contribution is -2.12. The molecule has 0 aromatic heterocycles. The molecule has 114 valence electrons.